The van der Waals surface area contributed by atoms with Crippen LogP contribution in [0.25, 0.3) is 0 Å². The van der Waals surface area contributed by atoms with Gasteiger partial charge in [0.1, 0.15) is 28.0 Å². The lowest BCUT2D eigenvalue weighted by Crippen LogP contribution is -2.35. The highest BCUT2D eigenvalue weighted by atomic mass is 31.1. The SMILES string of the molecule is CCc1cccc(CC)c1C(=O)C1([P](=O)C(=O)c2c(OC)cc(OC)cc2OC)CCCC1. The molecule has 7 heteroatoms. The van der Waals surface area contributed by atoms with Gasteiger partial charge in [-0.3, -0.25) is 14.2 Å². The van der Waals surface area contributed by atoms with Crippen molar-refractivity contribution in [1.29, 1.82) is 0 Å². The minimum absolute atomic E-state index is 0.0838. The second kappa shape index (κ2) is 10.5. The number of methoxy groups -OCH3 is 3. The fourth-order valence-electron chi connectivity index (χ4n) is 4.76. The summed E-state index contributed by atoms with van der Waals surface area (Å²) < 4.78 is 30.1. The van der Waals surface area contributed by atoms with Crippen molar-refractivity contribution >= 4 is 19.1 Å². The third-order valence-corrected chi connectivity index (χ3v) is 8.60. The first-order valence-corrected chi connectivity index (χ1v) is 12.6. The molecule has 177 valence electrons. The first-order valence-electron chi connectivity index (χ1n) is 11.4. The van der Waals surface area contributed by atoms with Crippen LogP contribution < -0.4 is 14.2 Å². The monoisotopic (exact) mass is 471 g/mol. The predicted octanol–water partition coefficient (Wildman–Crippen LogP) is 6.00. The zero-order chi connectivity index (χ0) is 24.2. The van der Waals surface area contributed by atoms with Crippen LogP contribution in [0.1, 0.15) is 71.4 Å². The lowest BCUT2D eigenvalue weighted by atomic mass is 9.87. The lowest BCUT2D eigenvalue weighted by molar-refractivity contribution is 0.0929. The van der Waals surface area contributed by atoms with E-state index in [-0.39, 0.29) is 22.8 Å². The van der Waals surface area contributed by atoms with Crippen LogP contribution in [-0.2, 0) is 17.4 Å². The van der Waals surface area contributed by atoms with Crippen molar-refractivity contribution in [1.82, 2.24) is 0 Å². The molecule has 1 atom stereocenters. The second-order valence-electron chi connectivity index (χ2n) is 8.23. The molecule has 33 heavy (non-hydrogen) atoms. The predicted molar refractivity (Wildman–Crippen MR) is 129 cm³/mol. The van der Waals surface area contributed by atoms with Crippen LogP contribution in [0.4, 0.5) is 0 Å². The molecule has 1 aliphatic carbocycles. The van der Waals surface area contributed by atoms with Crippen LogP contribution in [0.2, 0.25) is 0 Å². The van der Waals surface area contributed by atoms with Gasteiger partial charge in [0, 0.05) is 17.7 Å². The minimum Gasteiger partial charge on any atom is -0.496 e. The number of carbonyl (C=O) groups is 2. The molecule has 0 saturated heterocycles. The normalized spacial score (nSPS) is 15.1. The summed E-state index contributed by atoms with van der Waals surface area (Å²) in [6.45, 7) is 4.01. The van der Waals surface area contributed by atoms with Gasteiger partial charge >= 0.3 is 0 Å². The minimum atomic E-state index is -2.60. The van der Waals surface area contributed by atoms with Gasteiger partial charge in [-0.2, -0.15) is 0 Å². The van der Waals surface area contributed by atoms with E-state index in [4.69, 9.17) is 14.2 Å². The van der Waals surface area contributed by atoms with Crippen LogP contribution in [-0.4, -0.2) is 37.8 Å². The molecule has 2 aromatic carbocycles. The van der Waals surface area contributed by atoms with Gasteiger partial charge in [-0.1, -0.05) is 44.9 Å². The van der Waals surface area contributed by atoms with Crippen molar-refractivity contribution in [3.63, 3.8) is 0 Å². The molecule has 0 N–H and O–H groups in total. The number of rotatable bonds is 10. The van der Waals surface area contributed by atoms with E-state index < -0.39 is 18.5 Å². The van der Waals surface area contributed by atoms with Crippen molar-refractivity contribution in [2.75, 3.05) is 21.3 Å². The number of ketones is 1. The Bertz CT molecular complexity index is 1020. The molecule has 1 aliphatic rings. The summed E-state index contributed by atoms with van der Waals surface area (Å²) in [6, 6.07) is 8.96. The molecule has 0 aromatic heterocycles. The molecule has 2 aromatic rings. The summed E-state index contributed by atoms with van der Waals surface area (Å²) in [6.07, 6.45) is 3.74. The number of hydrogen-bond donors (Lipinski definition) is 0. The summed E-state index contributed by atoms with van der Waals surface area (Å²) in [7, 11) is 1.76. The van der Waals surface area contributed by atoms with E-state index in [0.717, 1.165) is 24.0 Å². The highest BCUT2D eigenvalue weighted by Gasteiger charge is 2.51. The number of aryl methyl sites for hydroxylation is 2. The van der Waals surface area contributed by atoms with Gasteiger partial charge in [-0.15, -0.1) is 0 Å². The third kappa shape index (κ3) is 4.41. The summed E-state index contributed by atoms with van der Waals surface area (Å²) in [4.78, 5) is 27.8. The Morgan fingerprint density at radius 2 is 1.39 bits per heavy atom. The molecule has 6 nitrogen and oxygen atoms in total. The van der Waals surface area contributed by atoms with Crippen molar-refractivity contribution in [2.45, 2.75) is 57.5 Å². The van der Waals surface area contributed by atoms with E-state index in [1.54, 1.807) is 12.1 Å². The van der Waals surface area contributed by atoms with Gasteiger partial charge < -0.3 is 14.2 Å². The van der Waals surface area contributed by atoms with E-state index in [2.05, 4.69) is 0 Å². The Kier molecular flexibility index (Phi) is 7.91. The van der Waals surface area contributed by atoms with Crippen LogP contribution in [0.3, 0.4) is 0 Å². The van der Waals surface area contributed by atoms with Crippen molar-refractivity contribution in [2.24, 2.45) is 0 Å². The number of carbonyl (C=O) groups excluding carboxylic acids is 2. The summed E-state index contributed by atoms with van der Waals surface area (Å²) in [5, 5.41) is -1.22. The Morgan fingerprint density at radius 3 is 1.82 bits per heavy atom. The quantitative estimate of drug-likeness (QED) is 0.312. The highest BCUT2D eigenvalue weighted by Crippen LogP contribution is 2.56. The fourth-order valence-corrected chi connectivity index (χ4v) is 6.59. The number of hydrogen-bond acceptors (Lipinski definition) is 6. The summed E-state index contributed by atoms with van der Waals surface area (Å²) in [5.41, 5.74) is 1.96. The molecule has 1 unspecified atom stereocenters. The number of ether oxygens (including phenoxy) is 3. The Hall–Kier alpha value is -2.72. The van der Waals surface area contributed by atoms with Gasteiger partial charge in [-0.25, -0.2) is 0 Å². The second-order valence-corrected chi connectivity index (χ2v) is 10.1. The van der Waals surface area contributed by atoms with Crippen molar-refractivity contribution in [3.05, 3.63) is 52.6 Å². The van der Waals surface area contributed by atoms with Gasteiger partial charge in [0.15, 0.2) is 13.6 Å². The molecule has 0 aliphatic heterocycles. The molecular weight excluding hydrogens is 439 g/mol. The zero-order valence-electron chi connectivity index (χ0n) is 20.0. The average molecular weight is 472 g/mol. The number of benzene rings is 2. The van der Waals surface area contributed by atoms with Crippen LogP contribution in [0, 0.1) is 0 Å². The van der Waals surface area contributed by atoms with Crippen LogP contribution in [0.5, 0.6) is 17.2 Å². The molecule has 1 radical (unpaired) electrons. The Labute approximate surface area is 196 Å². The first kappa shape index (κ1) is 24.9. The number of Topliss-reactive ketones (excluding diaryl/α,β-unsaturated/α-hetero) is 1. The summed E-state index contributed by atoms with van der Waals surface area (Å²) >= 11 is 0. The lowest BCUT2D eigenvalue weighted by Gasteiger charge is -2.28. The molecular formula is C26H32O6P. The maximum absolute atomic E-state index is 14.1. The zero-order valence-corrected chi connectivity index (χ0v) is 20.9. The average Bonchev–Trinajstić information content (AvgIpc) is 3.36. The maximum atomic E-state index is 14.1. The molecule has 0 spiro atoms. The van der Waals surface area contributed by atoms with Gasteiger partial charge in [0.05, 0.1) is 21.3 Å². The fraction of sp³-hybridized carbons (Fsp3) is 0.462. The molecule has 3 rings (SSSR count). The van der Waals surface area contributed by atoms with Crippen molar-refractivity contribution < 1.29 is 28.4 Å². The molecule has 0 amide bonds. The molecule has 0 heterocycles. The van der Waals surface area contributed by atoms with Crippen molar-refractivity contribution in [3.8, 4) is 17.2 Å². The van der Waals surface area contributed by atoms with Gasteiger partial charge in [-0.05, 0) is 36.8 Å². The topological polar surface area (TPSA) is 78.9 Å². The third-order valence-electron chi connectivity index (χ3n) is 6.58. The van der Waals surface area contributed by atoms with E-state index in [1.165, 1.54) is 21.3 Å². The maximum Gasteiger partial charge on any atom is 0.250 e. The standard InChI is InChI=1S/C26H32O6P/c1-6-17-11-10-12-18(7-2)22(17)24(27)26(13-8-9-14-26)33(29)25(28)23-20(31-4)15-19(30-3)16-21(23)32-5/h10-12,15-16H,6-9,13-14H2,1-5H3. The highest BCUT2D eigenvalue weighted by molar-refractivity contribution is 7.67. The van der Waals surface area contributed by atoms with Gasteiger partial charge in [0.2, 0.25) is 5.52 Å². The smallest absolute Gasteiger partial charge is 0.250 e. The van der Waals surface area contributed by atoms with Crippen LogP contribution in [0.15, 0.2) is 30.3 Å². The Morgan fingerprint density at radius 1 is 0.879 bits per heavy atom. The largest absolute Gasteiger partial charge is 0.496 e. The molecule has 1 saturated carbocycles. The molecule has 0 bridgehead atoms. The Balaban J connectivity index is 2.14. The van der Waals surface area contributed by atoms with Gasteiger partial charge in [0.25, 0.3) is 0 Å². The van der Waals surface area contributed by atoms with E-state index in [0.29, 0.717) is 37.0 Å². The van der Waals surface area contributed by atoms with Crippen LogP contribution >= 0.6 is 7.80 Å². The molecule has 1 fully saturated rings. The van der Waals surface area contributed by atoms with E-state index in [1.807, 2.05) is 32.0 Å². The first-order chi connectivity index (χ1) is 15.9. The summed E-state index contributed by atoms with van der Waals surface area (Å²) in [5.74, 6) is 0.702. The van der Waals surface area contributed by atoms with E-state index >= 15 is 0 Å². The van der Waals surface area contributed by atoms with E-state index in [9.17, 15) is 14.2 Å².